The van der Waals surface area contributed by atoms with Crippen LogP contribution in [0.2, 0.25) is 0 Å². The van der Waals surface area contributed by atoms with Crippen molar-refractivity contribution in [2.45, 2.75) is 52.9 Å². The molecule has 1 fully saturated rings. The van der Waals surface area contributed by atoms with Crippen LogP contribution >= 0.6 is 0 Å². The van der Waals surface area contributed by atoms with Crippen LogP contribution in [0.15, 0.2) is 0 Å². The van der Waals surface area contributed by atoms with Crippen LogP contribution < -0.4 is 10.6 Å². The minimum atomic E-state index is -0.316. The second kappa shape index (κ2) is 8.63. The molecule has 0 aromatic rings. The largest absolute Gasteiger partial charge is 0.396 e. The molecule has 0 aliphatic carbocycles. The number of aliphatic hydroxyl groups excluding tert-OH is 1. The van der Waals surface area contributed by atoms with E-state index in [-0.39, 0.29) is 17.9 Å². The number of carbonyl (C=O) groups is 1. The topological polar surface area (TPSA) is 61.4 Å². The number of piperidine rings is 1. The van der Waals surface area contributed by atoms with Gasteiger partial charge in [0.1, 0.15) is 0 Å². The fraction of sp³-hybridized carbons (Fsp3) is 0.938. The Morgan fingerprint density at radius 2 is 2.20 bits per heavy atom. The van der Waals surface area contributed by atoms with Crippen LogP contribution in [0.25, 0.3) is 0 Å². The second-order valence-corrected chi connectivity index (χ2v) is 6.64. The maximum absolute atomic E-state index is 12.5. The molecule has 0 saturated carbocycles. The molecular weight excluding hydrogens is 252 g/mol. The van der Waals surface area contributed by atoms with Crippen molar-refractivity contribution in [3.63, 3.8) is 0 Å². The molecule has 0 aromatic heterocycles. The van der Waals surface area contributed by atoms with E-state index >= 15 is 0 Å². The van der Waals surface area contributed by atoms with Crippen LogP contribution in [-0.2, 0) is 4.79 Å². The number of hydrogen-bond acceptors (Lipinski definition) is 3. The van der Waals surface area contributed by atoms with Gasteiger partial charge in [-0.2, -0.15) is 0 Å². The summed E-state index contributed by atoms with van der Waals surface area (Å²) in [6, 6.07) is 0. The smallest absolute Gasteiger partial charge is 0.225 e. The highest BCUT2D eigenvalue weighted by Gasteiger charge is 2.37. The molecule has 0 radical (unpaired) electrons. The van der Waals surface area contributed by atoms with Gasteiger partial charge >= 0.3 is 0 Å². The molecule has 1 amide bonds. The van der Waals surface area contributed by atoms with Gasteiger partial charge < -0.3 is 15.7 Å². The summed E-state index contributed by atoms with van der Waals surface area (Å²) in [4.78, 5) is 12.5. The normalized spacial score (nSPS) is 21.5. The summed E-state index contributed by atoms with van der Waals surface area (Å²) in [5, 5.41) is 15.6. The molecule has 4 heteroatoms. The molecule has 2 unspecified atom stereocenters. The van der Waals surface area contributed by atoms with Crippen molar-refractivity contribution in [3.8, 4) is 0 Å². The van der Waals surface area contributed by atoms with Gasteiger partial charge in [-0.25, -0.2) is 0 Å². The Morgan fingerprint density at radius 1 is 1.45 bits per heavy atom. The summed E-state index contributed by atoms with van der Waals surface area (Å²) >= 11 is 0. The molecule has 118 valence electrons. The van der Waals surface area contributed by atoms with E-state index in [4.69, 9.17) is 5.11 Å². The molecule has 0 spiro atoms. The van der Waals surface area contributed by atoms with Gasteiger partial charge in [0.25, 0.3) is 0 Å². The molecule has 1 rings (SSSR count). The average molecular weight is 284 g/mol. The third-order valence-corrected chi connectivity index (χ3v) is 4.69. The van der Waals surface area contributed by atoms with E-state index in [0.29, 0.717) is 18.4 Å². The highest BCUT2D eigenvalue weighted by Crippen LogP contribution is 2.32. The lowest BCUT2D eigenvalue weighted by Crippen LogP contribution is -2.48. The van der Waals surface area contributed by atoms with Crippen molar-refractivity contribution in [1.29, 1.82) is 0 Å². The van der Waals surface area contributed by atoms with Gasteiger partial charge in [-0.15, -0.1) is 0 Å². The van der Waals surface area contributed by atoms with Crippen molar-refractivity contribution >= 4 is 5.91 Å². The molecule has 1 saturated heterocycles. The van der Waals surface area contributed by atoms with Crippen molar-refractivity contribution < 1.29 is 9.90 Å². The van der Waals surface area contributed by atoms with Crippen molar-refractivity contribution in [3.05, 3.63) is 0 Å². The number of hydrogen-bond donors (Lipinski definition) is 3. The van der Waals surface area contributed by atoms with Gasteiger partial charge in [-0.1, -0.05) is 27.2 Å². The maximum atomic E-state index is 12.5. The SMILES string of the molecule is CCCC(CCO)CNC(=O)C(C)(C)C1CCCNC1. The van der Waals surface area contributed by atoms with Gasteiger partial charge in [0, 0.05) is 18.6 Å². The molecule has 2 atom stereocenters. The van der Waals surface area contributed by atoms with E-state index in [2.05, 4.69) is 31.4 Å². The molecule has 1 aliphatic heterocycles. The molecule has 1 heterocycles. The summed E-state index contributed by atoms with van der Waals surface area (Å²) in [6.07, 6.45) is 5.22. The summed E-state index contributed by atoms with van der Waals surface area (Å²) in [6.45, 7) is 9.16. The van der Waals surface area contributed by atoms with Crippen LogP contribution in [0, 0.1) is 17.3 Å². The number of carbonyl (C=O) groups excluding carboxylic acids is 1. The summed E-state index contributed by atoms with van der Waals surface area (Å²) in [5.41, 5.74) is -0.316. The Balaban J connectivity index is 2.46. The first kappa shape index (κ1) is 17.4. The Kier molecular flexibility index (Phi) is 7.52. The van der Waals surface area contributed by atoms with Gasteiger partial charge in [0.15, 0.2) is 0 Å². The summed E-state index contributed by atoms with van der Waals surface area (Å²) in [5.74, 6) is 0.971. The predicted octanol–water partition coefficient (Wildman–Crippen LogP) is 1.93. The van der Waals surface area contributed by atoms with Crippen molar-refractivity contribution in [1.82, 2.24) is 10.6 Å². The molecule has 4 nitrogen and oxygen atoms in total. The third-order valence-electron chi connectivity index (χ3n) is 4.69. The zero-order valence-electron chi connectivity index (χ0n) is 13.4. The number of nitrogens with one attached hydrogen (secondary N) is 2. The predicted molar refractivity (Wildman–Crippen MR) is 82.5 cm³/mol. The van der Waals surface area contributed by atoms with Crippen LogP contribution in [-0.4, -0.2) is 37.3 Å². The Morgan fingerprint density at radius 3 is 2.75 bits per heavy atom. The first-order chi connectivity index (χ1) is 9.52. The van der Waals surface area contributed by atoms with Crippen LogP contribution in [0.4, 0.5) is 0 Å². The van der Waals surface area contributed by atoms with Crippen LogP contribution in [0.3, 0.4) is 0 Å². The zero-order chi connectivity index (χ0) is 15.0. The first-order valence-electron chi connectivity index (χ1n) is 8.12. The molecule has 0 bridgehead atoms. The highest BCUT2D eigenvalue weighted by atomic mass is 16.3. The lowest BCUT2D eigenvalue weighted by molar-refractivity contribution is -0.132. The zero-order valence-corrected chi connectivity index (χ0v) is 13.4. The fourth-order valence-corrected chi connectivity index (χ4v) is 3.06. The van der Waals surface area contributed by atoms with E-state index in [0.717, 1.165) is 45.2 Å². The van der Waals surface area contributed by atoms with E-state index < -0.39 is 0 Å². The Bertz CT molecular complexity index is 280. The monoisotopic (exact) mass is 284 g/mol. The number of rotatable bonds is 8. The lowest BCUT2D eigenvalue weighted by Gasteiger charge is -2.36. The summed E-state index contributed by atoms with van der Waals surface area (Å²) in [7, 11) is 0. The first-order valence-corrected chi connectivity index (χ1v) is 8.12. The minimum Gasteiger partial charge on any atom is -0.396 e. The van der Waals surface area contributed by atoms with Crippen molar-refractivity contribution in [2.24, 2.45) is 17.3 Å². The van der Waals surface area contributed by atoms with Gasteiger partial charge in [-0.3, -0.25) is 4.79 Å². The molecule has 3 N–H and O–H groups in total. The standard InChI is InChI=1S/C16H32N2O2/c1-4-6-13(8-10-19)11-18-15(20)16(2,3)14-7-5-9-17-12-14/h13-14,17,19H,4-12H2,1-3H3,(H,18,20). The highest BCUT2D eigenvalue weighted by molar-refractivity contribution is 5.82. The lowest BCUT2D eigenvalue weighted by atomic mass is 9.74. The number of aliphatic hydroxyl groups is 1. The quantitative estimate of drug-likeness (QED) is 0.638. The minimum absolute atomic E-state index is 0.158. The van der Waals surface area contributed by atoms with E-state index in [1.807, 2.05) is 0 Å². The molecule has 0 aromatic carbocycles. The molecule has 20 heavy (non-hydrogen) atoms. The van der Waals surface area contributed by atoms with Crippen LogP contribution in [0.1, 0.15) is 52.9 Å². The van der Waals surface area contributed by atoms with E-state index in [1.54, 1.807) is 0 Å². The van der Waals surface area contributed by atoms with Gasteiger partial charge in [-0.05, 0) is 50.6 Å². The number of amides is 1. The Hall–Kier alpha value is -0.610. The maximum Gasteiger partial charge on any atom is 0.225 e. The van der Waals surface area contributed by atoms with Gasteiger partial charge in [0.2, 0.25) is 5.91 Å². The van der Waals surface area contributed by atoms with E-state index in [9.17, 15) is 4.79 Å². The van der Waals surface area contributed by atoms with E-state index in [1.165, 1.54) is 0 Å². The molecular formula is C16H32N2O2. The fourth-order valence-electron chi connectivity index (χ4n) is 3.06. The Labute approximate surface area is 123 Å². The second-order valence-electron chi connectivity index (χ2n) is 6.64. The van der Waals surface area contributed by atoms with Gasteiger partial charge in [0.05, 0.1) is 0 Å². The molecule has 1 aliphatic rings. The van der Waals surface area contributed by atoms with Crippen LogP contribution in [0.5, 0.6) is 0 Å². The third kappa shape index (κ3) is 5.06. The van der Waals surface area contributed by atoms with Crippen molar-refractivity contribution in [2.75, 3.05) is 26.2 Å². The average Bonchev–Trinajstić information content (AvgIpc) is 2.45. The summed E-state index contributed by atoms with van der Waals surface area (Å²) < 4.78 is 0.